The lowest BCUT2D eigenvalue weighted by Crippen LogP contribution is -2.43. The van der Waals surface area contributed by atoms with Crippen molar-refractivity contribution in [2.24, 2.45) is 0 Å². The lowest BCUT2D eigenvalue weighted by molar-refractivity contribution is 0.0616. The van der Waals surface area contributed by atoms with E-state index in [9.17, 15) is 0 Å². The first kappa shape index (κ1) is 53.1. The highest BCUT2D eigenvalue weighted by Gasteiger charge is 2.34. The van der Waals surface area contributed by atoms with E-state index in [1.807, 2.05) is 0 Å². The molecule has 53 heavy (non-hydrogen) atoms. The molecule has 0 aromatic heterocycles. The standard InChI is InChI=1S/C49H102O3Si/c1-5-8-11-14-17-20-23-26-29-32-35-38-41-44-47-50-53(4,51-48-45-42-39-36-33-30-27-24-21-18-15-12-9-6-2)52-49-46-43-40-37-34-31-28-25-22-19-16-13-10-7-3/h5-49H2,1-4H3. The smallest absolute Gasteiger partial charge is 0.374 e. The van der Waals surface area contributed by atoms with Crippen LogP contribution >= 0.6 is 0 Å². The molecule has 0 N–H and O–H groups in total. The second kappa shape index (κ2) is 46.5. The molecule has 0 saturated carbocycles. The van der Waals surface area contributed by atoms with Gasteiger partial charge in [-0.15, -0.1) is 0 Å². The first-order valence-corrected chi connectivity index (χ1v) is 27.3. The van der Waals surface area contributed by atoms with Gasteiger partial charge in [-0.05, 0) is 19.3 Å². The molecule has 3 nitrogen and oxygen atoms in total. The summed E-state index contributed by atoms with van der Waals surface area (Å²) in [7, 11) is -2.56. The van der Waals surface area contributed by atoms with Crippen molar-refractivity contribution < 1.29 is 13.3 Å². The fourth-order valence-electron chi connectivity index (χ4n) is 7.79. The fraction of sp³-hybridized carbons (Fsp3) is 1.00. The summed E-state index contributed by atoms with van der Waals surface area (Å²) < 4.78 is 19.4. The zero-order chi connectivity index (χ0) is 38.4. The third kappa shape index (κ3) is 44.7. The van der Waals surface area contributed by atoms with Crippen LogP contribution in [0.5, 0.6) is 0 Å². The monoisotopic (exact) mass is 767 g/mol. The number of hydrogen-bond acceptors (Lipinski definition) is 3. The molecule has 0 unspecified atom stereocenters. The Morgan fingerprint density at radius 2 is 0.340 bits per heavy atom. The van der Waals surface area contributed by atoms with Crippen LogP contribution in [0.3, 0.4) is 0 Å². The average molecular weight is 767 g/mol. The third-order valence-electron chi connectivity index (χ3n) is 11.6. The predicted molar refractivity (Wildman–Crippen MR) is 240 cm³/mol. The molecule has 0 aromatic rings. The molecular weight excluding hydrogens is 665 g/mol. The van der Waals surface area contributed by atoms with Crippen molar-refractivity contribution in [1.82, 2.24) is 0 Å². The molecule has 0 rings (SSSR count). The van der Waals surface area contributed by atoms with E-state index < -0.39 is 8.80 Å². The van der Waals surface area contributed by atoms with Gasteiger partial charge in [-0.3, -0.25) is 0 Å². The minimum atomic E-state index is -2.56. The quantitative estimate of drug-likeness (QED) is 0.0456. The van der Waals surface area contributed by atoms with Gasteiger partial charge in [-0.2, -0.15) is 0 Å². The van der Waals surface area contributed by atoms with Gasteiger partial charge in [0.25, 0.3) is 0 Å². The zero-order valence-corrected chi connectivity index (χ0v) is 38.5. The SMILES string of the molecule is CCCCCCCCCCCCCCCCO[Si](C)(OCCCCCCCCCCCCCCCC)OCCCCCCCCCCCCCCCC. The van der Waals surface area contributed by atoms with Gasteiger partial charge in [0, 0.05) is 26.4 Å². The molecular formula is C49H102O3Si. The van der Waals surface area contributed by atoms with Crippen molar-refractivity contribution >= 4 is 8.80 Å². The van der Waals surface area contributed by atoms with Crippen LogP contribution in [0.25, 0.3) is 0 Å². The van der Waals surface area contributed by atoms with E-state index in [1.54, 1.807) is 0 Å². The Morgan fingerprint density at radius 3 is 0.491 bits per heavy atom. The highest BCUT2D eigenvalue weighted by molar-refractivity contribution is 6.59. The highest BCUT2D eigenvalue weighted by atomic mass is 28.4. The van der Waals surface area contributed by atoms with E-state index in [4.69, 9.17) is 13.3 Å². The molecule has 0 fully saturated rings. The van der Waals surface area contributed by atoms with Crippen molar-refractivity contribution in [3.63, 3.8) is 0 Å². The van der Waals surface area contributed by atoms with E-state index in [-0.39, 0.29) is 0 Å². The van der Waals surface area contributed by atoms with Crippen LogP contribution in [0.4, 0.5) is 0 Å². The van der Waals surface area contributed by atoms with Gasteiger partial charge in [0.1, 0.15) is 0 Å². The van der Waals surface area contributed by atoms with Crippen molar-refractivity contribution in [3.8, 4) is 0 Å². The number of unbranched alkanes of at least 4 members (excludes halogenated alkanes) is 39. The van der Waals surface area contributed by atoms with Gasteiger partial charge < -0.3 is 13.3 Å². The Kier molecular flexibility index (Phi) is 46.6. The Balaban J connectivity index is 4.07. The van der Waals surface area contributed by atoms with Gasteiger partial charge >= 0.3 is 8.80 Å². The molecule has 0 heterocycles. The molecule has 0 saturated heterocycles. The summed E-state index contributed by atoms with van der Waals surface area (Å²) in [6.07, 6.45) is 58.4. The Hall–Kier alpha value is 0.0969. The van der Waals surface area contributed by atoms with E-state index in [0.29, 0.717) is 0 Å². The fourth-order valence-corrected chi connectivity index (χ4v) is 9.58. The van der Waals surface area contributed by atoms with Crippen molar-refractivity contribution in [1.29, 1.82) is 0 Å². The largest absolute Gasteiger partial charge is 0.497 e. The van der Waals surface area contributed by atoms with Gasteiger partial charge in [0.05, 0.1) is 0 Å². The molecule has 4 heteroatoms. The van der Waals surface area contributed by atoms with Gasteiger partial charge in [0.2, 0.25) is 0 Å². The molecule has 0 amide bonds. The number of hydrogen-bond donors (Lipinski definition) is 0. The molecule has 320 valence electrons. The van der Waals surface area contributed by atoms with E-state index >= 15 is 0 Å². The average Bonchev–Trinajstić information content (AvgIpc) is 3.16. The number of rotatable bonds is 48. The summed E-state index contributed by atoms with van der Waals surface area (Å²) in [4.78, 5) is 0. The predicted octanol–water partition coefficient (Wildman–Crippen LogP) is 18.0. The van der Waals surface area contributed by atoms with Crippen LogP contribution in [0.1, 0.15) is 290 Å². The minimum Gasteiger partial charge on any atom is -0.374 e. The van der Waals surface area contributed by atoms with E-state index in [0.717, 1.165) is 39.1 Å². The molecule has 0 atom stereocenters. The van der Waals surface area contributed by atoms with Crippen LogP contribution in [-0.2, 0) is 13.3 Å². The van der Waals surface area contributed by atoms with Crippen molar-refractivity contribution in [2.75, 3.05) is 19.8 Å². The summed E-state index contributed by atoms with van der Waals surface area (Å²) >= 11 is 0. The lowest BCUT2D eigenvalue weighted by atomic mass is 10.0. The van der Waals surface area contributed by atoms with Crippen LogP contribution in [0.15, 0.2) is 0 Å². The lowest BCUT2D eigenvalue weighted by Gasteiger charge is -2.26. The van der Waals surface area contributed by atoms with Crippen molar-refractivity contribution in [2.45, 2.75) is 297 Å². The van der Waals surface area contributed by atoms with E-state index in [1.165, 1.54) is 250 Å². The maximum Gasteiger partial charge on any atom is 0.497 e. The summed E-state index contributed by atoms with van der Waals surface area (Å²) in [5, 5.41) is 0. The second-order valence-corrected chi connectivity index (χ2v) is 19.8. The molecule has 0 aliphatic heterocycles. The first-order chi connectivity index (χ1) is 26.2. The topological polar surface area (TPSA) is 27.7 Å². The van der Waals surface area contributed by atoms with Crippen LogP contribution in [0, 0.1) is 0 Å². The maximum atomic E-state index is 6.47. The highest BCUT2D eigenvalue weighted by Crippen LogP contribution is 2.18. The van der Waals surface area contributed by atoms with Gasteiger partial charge in [-0.25, -0.2) is 0 Å². The van der Waals surface area contributed by atoms with Gasteiger partial charge in [0.15, 0.2) is 0 Å². The molecule has 0 aliphatic rings. The van der Waals surface area contributed by atoms with Crippen molar-refractivity contribution in [3.05, 3.63) is 0 Å². The molecule has 0 aliphatic carbocycles. The van der Waals surface area contributed by atoms with E-state index in [2.05, 4.69) is 27.3 Å². The van der Waals surface area contributed by atoms with Gasteiger partial charge in [-0.1, -0.05) is 271 Å². The zero-order valence-electron chi connectivity index (χ0n) is 37.5. The summed E-state index contributed by atoms with van der Waals surface area (Å²) in [5.41, 5.74) is 0. The Bertz CT molecular complexity index is 560. The normalized spacial score (nSPS) is 12.0. The molecule has 0 aromatic carbocycles. The van der Waals surface area contributed by atoms with Crippen LogP contribution in [0.2, 0.25) is 6.55 Å². The summed E-state index contributed by atoms with van der Waals surface area (Å²) in [6, 6.07) is 0. The molecule has 0 bridgehead atoms. The summed E-state index contributed by atoms with van der Waals surface area (Å²) in [5.74, 6) is 0. The summed E-state index contributed by atoms with van der Waals surface area (Å²) in [6.45, 7) is 11.5. The molecule has 0 spiro atoms. The second-order valence-electron chi connectivity index (χ2n) is 17.2. The maximum absolute atomic E-state index is 6.47. The Morgan fingerprint density at radius 1 is 0.208 bits per heavy atom. The Labute approximate surface area is 337 Å². The van der Waals surface area contributed by atoms with Crippen LogP contribution < -0.4 is 0 Å². The minimum absolute atomic E-state index is 0.804. The van der Waals surface area contributed by atoms with Crippen LogP contribution in [-0.4, -0.2) is 28.6 Å². The first-order valence-electron chi connectivity index (χ1n) is 25.1. The molecule has 0 radical (unpaired) electrons. The third-order valence-corrected chi connectivity index (χ3v) is 13.8.